The third kappa shape index (κ3) is 4.38. The minimum atomic E-state index is 0.0259. The summed E-state index contributed by atoms with van der Waals surface area (Å²) < 4.78 is 7.52. The van der Waals surface area contributed by atoms with Gasteiger partial charge in [0.25, 0.3) is 0 Å². The standard InChI is InChI=1S/C22H31N3O3/c1-16-14-23-22(25(16)17(2)15-26)19-10-12-24(13-11-19)21(27)9-8-18-6-4-5-7-20(18)28-3/h4-7,14,17,19,26H,8-13,15H2,1-3H3. The van der Waals surface area contributed by atoms with Crippen LogP contribution in [0.2, 0.25) is 0 Å². The van der Waals surface area contributed by atoms with Gasteiger partial charge in [-0.15, -0.1) is 0 Å². The van der Waals surface area contributed by atoms with E-state index in [2.05, 4.69) is 9.55 Å². The molecule has 2 heterocycles. The monoisotopic (exact) mass is 385 g/mol. The van der Waals surface area contributed by atoms with E-state index in [1.807, 2.05) is 49.2 Å². The number of carbonyl (C=O) groups excluding carboxylic acids is 1. The number of carbonyl (C=O) groups is 1. The van der Waals surface area contributed by atoms with E-state index in [9.17, 15) is 9.90 Å². The highest BCUT2D eigenvalue weighted by Crippen LogP contribution is 2.30. The Kier molecular flexibility index (Phi) is 6.73. The van der Waals surface area contributed by atoms with Crippen LogP contribution in [0.25, 0.3) is 0 Å². The summed E-state index contributed by atoms with van der Waals surface area (Å²) in [5.41, 5.74) is 2.15. The molecule has 0 radical (unpaired) electrons. The molecule has 1 fully saturated rings. The summed E-state index contributed by atoms with van der Waals surface area (Å²) in [6.07, 6.45) is 4.90. The number of likely N-dealkylation sites (tertiary alicyclic amines) is 1. The Bertz CT molecular complexity index is 794. The highest BCUT2D eigenvalue weighted by molar-refractivity contribution is 5.76. The lowest BCUT2D eigenvalue weighted by atomic mass is 9.95. The molecule has 1 unspecified atom stereocenters. The quantitative estimate of drug-likeness (QED) is 0.795. The summed E-state index contributed by atoms with van der Waals surface area (Å²) in [5, 5.41) is 9.55. The van der Waals surface area contributed by atoms with Gasteiger partial charge in [-0.3, -0.25) is 4.79 Å². The first-order chi connectivity index (χ1) is 13.5. The highest BCUT2D eigenvalue weighted by Gasteiger charge is 2.28. The van der Waals surface area contributed by atoms with Gasteiger partial charge in [-0.1, -0.05) is 18.2 Å². The molecule has 152 valence electrons. The van der Waals surface area contributed by atoms with Gasteiger partial charge in [0.1, 0.15) is 11.6 Å². The van der Waals surface area contributed by atoms with Crippen LogP contribution in [0.3, 0.4) is 0 Å². The van der Waals surface area contributed by atoms with Gasteiger partial charge in [-0.25, -0.2) is 4.98 Å². The van der Waals surface area contributed by atoms with Gasteiger partial charge in [-0.2, -0.15) is 0 Å². The Hall–Kier alpha value is -2.34. The van der Waals surface area contributed by atoms with E-state index in [0.717, 1.165) is 48.8 Å². The van der Waals surface area contributed by atoms with Crippen molar-refractivity contribution in [2.24, 2.45) is 0 Å². The molecule has 28 heavy (non-hydrogen) atoms. The van der Waals surface area contributed by atoms with Crippen LogP contribution in [0.5, 0.6) is 5.75 Å². The lowest BCUT2D eigenvalue weighted by Crippen LogP contribution is -2.38. The minimum Gasteiger partial charge on any atom is -0.496 e. The van der Waals surface area contributed by atoms with Crippen LogP contribution in [-0.2, 0) is 11.2 Å². The van der Waals surface area contributed by atoms with Crippen molar-refractivity contribution in [3.8, 4) is 5.75 Å². The molecule has 2 aromatic rings. The molecule has 0 aliphatic carbocycles. The second-order valence-corrected chi connectivity index (χ2v) is 7.63. The zero-order valence-corrected chi connectivity index (χ0v) is 17.1. The lowest BCUT2D eigenvalue weighted by Gasteiger charge is -2.33. The van der Waals surface area contributed by atoms with Crippen LogP contribution in [0, 0.1) is 6.92 Å². The van der Waals surface area contributed by atoms with E-state index in [0.29, 0.717) is 18.8 Å². The number of nitrogens with zero attached hydrogens (tertiary/aromatic N) is 3. The normalized spacial score (nSPS) is 16.2. The van der Waals surface area contributed by atoms with Gasteiger partial charge < -0.3 is 19.3 Å². The average molecular weight is 386 g/mol. The Morgan fingerprint density at radius 1 is 1.32 bits per heavy atom. The number of aryl methyl sites for hydroxylation is 2. The van der Waals surface area contributed by atoms with Gasteiger partial charge >= 0.3 is 0 Å². The van der Waals surface area contributed by atoms with Crippen LogP contribution in [0.15, 0.2) is 30.5 Å². The predicted molar refractivity (Wildman–Crippen MR) is 109 cm³/mol. The molecule has 6 nitrogen and oxygen atoms in total. The van der Waals surface area contributed by atoms with E-state index in [1.54, 1.807) is 7.11 Å². The van der Waals surface area contributed by atoms with E-state index < -0.39 is 0 Å². The molecule has 1 aromatic heterocycles. The number of benzene rings is 1. The SMILES string of the molecule is COc1ccccc1CCC(=O)N1CCC(c2ncc(C)n2C(C)CO)CC1. The van der Waals surface area contributed by atoms with Gasteiger partial charge in [0.05, 0.1) is 19.8 Å². The molecule has 0 spiro atoms. The maximum Gasteiger partial charge on any atom is 0.222 e. The van der Waals surface area contributed by atoms with Crippen LogP contribution in [-0.4, -0.2) is 52.3 Å². The number of amides is 1. The summed E-state index contributed by atoms with van der Waals surface area (Å²) in [6.45, 7) is 5.65. The molecule has 6 heteroatoms. The number of aromatic nitrogens is 2. The maximum atomic E-state index is 12.7. The molecule has 1 atom stereocenters. The van der Waals surface area contributed by atoms with Gasteiger partial charge in [0.15, 0.2) is 0 Å². The number of rotatable bonds is 7. The van der Waals surface area contributed by atoms with Gasteiger partial charge in [0, 0.05) is 37.3 Å². The summed E-state index contributed by atoms with van der Waals surface area (Å²) in [7, 11) is 1.66. The first-order valence-corrected chi connectivity index (χ1v) is 10.1. The third-order valence-electron chi connectivity index (χ3n) is 5.73. The second-order valence-electron chi connectivity index (χ2n) is 7.63. The van der Waals surface area contributed by atoms with Gasteiger partial charge in [-0.05, 0) is 44.7 Å². The molecule has 1 aliphatic rings. The molecule has 1 amide bonds. The molecule has 1 saturated heterocycles. The first-order valence-electron chi connectivity index (χ1n) is 10.1. The Balaban J connectivity index is 1.56. The minimum absolute atomic E-state index is 0.0259. The van der Waals surface area contributed by atoms with Crippen molar-refractivity contribution in [3.05, 3.63) is 47.5 Å². The number of imidazole rings is 1. The highest BCUT2D eigenvalue weighted by atomic mass is 16.5. The molecule has 0 bridgehead atoms. The summed E-state index contributed by atoms with van der Waals surface area (Å²) >= 11 is 0. The zero-order chi connectivity index (χ0) is 20.1. The fourth-order valence-electron chi connectivity index (χ4n) is 4.12. The number of aliphatic hydroxyl groups excluding tert-OH is 1. The van der Waals surface area contributed by atoms with Crippen molar-refractivity contribution in [3.63, 3.8) is 0 Å². The molecule has 3 rings (SSSR count). The maximum absolute atomic E-state index is 12.7. The topological polar surface area (TPSA) is 67.6 Å². The molecule has 1 aromatic carbocycles. The van der Waals surface area contributed by atoms with Crippen molar-refractivity contribution in [1.29, 1.82) is 0 Å². The molecule has 1 N–H and O–H groups in total. The zero-order valence-electron chi connectivity index (χ0n) is 17.1. The molecule has 1 aliphatic heterocycles. The summed E-state index contributed by atoms with van der Waals surface area (Å²) in [4.78, 5) is 19.3. The predicted octanol–water partition coefficient (Wildman–Crippen LogP) is 3.09. The molecular formula is C22H31N3O3. The Morgan fingerprint density at radius 3 is 2.71 bits per heavy atom. The van der Waals surface area contributed by atoms with Crippen molar-refractivity contribution in [2.45, 2.75) is 51.5 Å². The van der Waals surface area contributed by atoms with E-state index in [-0.39, 0.29) is 18.6 Å². The van der Waals surface area contributed by atoms with E-state index >= 15 is 0 Å². The van der Waals surface area contributed by atoms with Crippen molar-refractivity contribution >= 4 is 5.91 Å². The smallest absolute Gasteiger partial charge is 0.222 e. The van der Waals surface area contributed by atoms with Crippen molar-refractivity contribution in [2.75, 3.05) is 26.8 Å². The fraction of sp³-hybridized carbons (Fsp3) is 0.545. The lowest BCUT2D eigenvalue weighted by molar-refractivity contribution is -0.132. The molecular weight excluding hydrogens is 354 g/mol. The number of para-hydroxylation sites is 1. The van der Waals surface area contributed by atoms with Crippen LogP contribution >= 0.6 is 0 Å². The average Bonchev–Trinajstić information content (AvgIpc) is 3.13. The summed E-state index contributed by atoms with van der Waals surface area (Å²) in [6, 6.07) is 7.90. The second kappa shape index (κ2) is 9.24. The number of methoxy groups -OCH3 is 1. The number of aliphatic hydroxyl groups is 1. The van der Waals surface area contributed by atoms with Crippen molar-refractivity contribution in [1.82, 2.24) is 14.5 Å². The number of ether oxygens (including phenoxy) is 1. The summed E-state index contributed by atoms with van der Waals surface area (Å²) in [5.74, 6) is 2.42. The van der Waals surface area contributed by atoms with Crippen LogP contribution in [0.4, 0.5) is 0 Å². The van der Waals surface area contributed by atoms with Crippen molar-refractivity contribution < 1.29 is 14.6 Å². The fourth-order valence-corrected chi connectivity index (χ4v) is 4.12. The number of hydrogen-bond acceptors (Lipinski definition) is 4. The van der Waals surface area contributed by atoms with E-state index in [1.165, 1.54) is 0 Å². The Morgan fingerprint density at radius 2 is 2.04 bits per heavy atom. The van der Waals surface area contributed by atoms with Crippen LogP contribution < -0.4 is 4.74 Å². The number of piperidine rings is 1. The molecule has 0 saturated carbocycles. The Labute approximate surface area is 167 Å². The van der Waals surface area contributed by atoms with Crippen LogP contribution in [0.1, 0.15) is 55.2 Å². The van der Waals surface area contributed by atoms with E-state index in [4.69, 9.17) is 4.74 Å². The van der Waals surface area contributed by atoms with Gasteiger partial charge in [0.2, 0.25) is 5.91 Å². The number of hydrogen-bond donors (Lipinski definition) is 1. The third-order valence-corrected chi connectivity index (χ3v) is 5.73. The first kappa shape index (κ1) is 20.4. The largest absolute Gasteiger partial charge is 0.496 e.